The molecule has 0 aliphatic rings. The van der Waals surface area contributed by atoms with Gasteiger partial charge in [-0.05, 0) is 34.6 Å². The molecule has 148 valence electrons. The predicted octanol–water partition coefficient (Wildman–Crippen LogP) is 4.99. The van der Waals surface area contributed by atoms with E-state index in [1.165, 1.54) is 0 Å². The van der Waals surface area contributed by atoms with Gasteiger partial charge < -0.3 is 10.3 Å². The van der Waals surface area contributed by atoms with Crippen molar-refractivity contribution in [3.05, 3.63) is 64.3 Å². The minimum atomic E-state index is 0.238. The van der Waals surface area contributed by atoms with Crippen molar-refractivity contribution in [3.8, 4) is 0 Å². The first-order chi connectivity index (χ1) is 14.7. The highest BCUT2D eigenvalue weighted by Gasteiger charge is 2.14. The van der Waals surface area contributed by atoms with Crippen LogP contribution in [0.15, 0.2) is 58.4 Å². The van der Waals surface area contributed by atoms with Crippen LogP contribution in [0.1, 0.15) is 5.56 Å². The third-order valence-electron chi connectivity index (χ3n) is 4.29. The van der Waals surface area contributed by atoms with Gasteiger partial charge in [0.15, 0.2) is 11.6 Å². The topological polar surface area (TPSA) is 117 Å². The van der Waals surface area contributed by atoms with Crippen molar-refractivity contribution in [2.45, 2.75) is 0 Å². The molecule has 3 heterocycles. The van der Waals surface area contributed by atoms with Crippen LogP contribution in [0, 0.1) is 0 Å². The van der Waals surface area contributed by atoms with E-state index in [1.807, 2.05) is 30.5 Å². The van der Waals surface area contributed by atoms with Gasteiger partial charge in [-0.15, -0.1) is 0 Å². The van der Waals surface area contributed by atoms with Crippen LogP contribution >= 0.6 is 23.2 Å². The SMILES string of the molecule is Clc1ccc(Cl)c(Nc2nc3nonc3nc2NN=Cc2c[nH]c3ccccc23)c1. The number of aromatic nitrogens is 5. The average molecular weight is 439 g/mol. The number of benzene rings is 2. The highest BCUT2D eigenvalue weighted by atomic mass is 35.5. The molecule has 0 fully saturated rings. The number of hydrogen-bond donors (Lipinski definition) is 3. The quantitative estimate of drug-likeness (QED) is 0.261. The van der Waals surface area contributed by atoms with E-state index in [0.717, 1.165) is 16.5 Å². The van der Waals surface area contributed by atoms with Crippen molar-refractivity contribution < 1.29 is 4.63 Å². The molecule has 0 bridgehead atoms. The van der Waals surface area contributed by atoms with Gasteiger partial charge in [0.1, 0.15) is 0 Å². The lowest BCUT2D eigenvalue weighted by molar-refractivity contribution is 0.314. The molecular weight excluding hydrogens is 427 g/mol. The third-order valence-corrected chi connectivity index (χ3v) is 4.86. The van der Waals surface area contributed by atoms with Gasteiger partial charge >= 0.3 is 0 Å². The van der Waals surface area contributed by atoms with Gasteiger partial charge in [-0.3, -0.25) is 5.43 Å². The predicted molar refractivity (Wildman–Crippen MR) is 117 cm³/mol. The number of hydrazone groups is 1. The van der Waals surface area contributed by atoms with Gasteiger partial charge in [0.2, 0.25) is 11.3 Å². The summed E-state index contributed by atoms with van der Waals surface area (Å²) in [5, 5.41) is 16.9. The zero-order chi connectivity index (χ0) is 20.5. The number of H-pyrrole nitrogens is 1. The van der Waals surface area contributed by atoms with Gasteiger partial charge in [0.25, 0.3) is 0 Å². The second-order valence-electron chi connectivity index (χ2n) is 6.24. The Kier molecular flexibility index (Phi) is 4.66. The number of hydrogen-bond acceptors (Lipinski definition) is 8. The van der Waals surface area contributed by atoms with Crippen LogP contribution < -0.4 is 10.7 Å². The molecule has 0 amide bonds. The zero-order valence-corrected chi connectivity index (χ0v) is 16.6. The first-order valence-corrected chi connectivity index (χ1v) is 9.50. The molecule has 0 aliphatic heterocycles. The molecular formula is C19H12Cl2N8O. The van der Waals surface area contributed by atoms with E-state index in [-0.39, 0.29) is 11.3 Å². The van der Waals surface area contributed by atoms with E-state index < -0.39 is 0 Å². The fraction of sp³-hybridized carbons (Fsp3) is 0. The summed E-state index contributed by atoms with van der Waals surface area (Å²) in [5.41, 5.74) is 5.86. The number of nitrogens with one attached hydrogen (secondary N) is 3. The van der Waals surface area contributed by atoms with Crippen molar-refractivity contribution in [2.24, 2.45) is 5.10 Å². The smallest absolute Gasteiger partial charge is 0.245 e. The lowest BCUT2D eigenvalue weighted by Crippen LogP contribution is -2.03. The maximum atomic E-state index is 6.25. The maximum absolute atomic E-state index is 6.25. The number of rotatable bonds is 5. The largest absolute Gasteiger partial charge is 0.361 e. The first kappa shape index (κ1) is 18.3. The summed E-state index contributed by atoms with van der Waals surface area (Å²) in [6.45, 7) is 0. The Labute approximate surface area is 179 Å². The maximum Gasteiger partial charge on any atom is 0.245 e. The molecule has 30 heavy (non-hydrogen) atoms. The highest BCUT2D eigenvalue weighted by molar-refractivity contribution is 6.35. The lowest BCUT2D eigenvalue weighted by Gasteiger charge is -2.10. The van der Waals surface area contributed by atoms with Gasteiger partial charge in [-0.25, -0.2) is 9.61 Å². The summed E-state index contributed by atoms with van der Waals surface area (Å²) in [6.07, 6.45) is 3.55. The summed E-state index contributed by atoms with van der Waals surface area (Å²) in [5.74, 6) is 0.642. The first-order valence-electron chi connectivity index (χ1n) is 8.75. The molecule has 0 unspecified atom stereocenters. The summed E-state index contributed by atoms with van der Waals surface area (Å²) >= 11 is 12.3. The van der Waals surface area contributed by atoms with Crippen LogP contribution in [0.3, 0.4) is 0 Å². The Morgan fingerprint density at radius 2 is 1.80 bits per heavy atom. The molecule has 11 heteroatoms. The average Bonchev–Trinajstić information content (AvgIpc) is 3.37. The lowest BCUT2D eigenvalue weighted by atomic mass is 10.2. The number of para-hydroxylation sites is 1. The van der Waals surface area contributed by atoms with Crippen LogP contribution in [0.5, 0.6) is 0 Å². The summed E-state index contributed by atoms with van der Waals surface area (Å²) in [7, 11) is 0. The van der Waals surface area contributed by atoms with Crippen molar-refractivity contribution in [1.29, 1.82) is 0 Å². The minimum Gasteiger partial charge on any atom is -0.361 e. The van der Waals surface area contributed by atoms with E-state index in [0.29, 0.717) is 27.4 Å². The van der Waals surface area contributed by atoms with Gasteiger partial charge in [-0.2, -0.15) is 10.1 Å². The molecule has 0 atom stereocenters. The van der Waals surface area contributed by atoms with Crippen molar-refractivity contribution in [3.63, 3.8) is 0 Å². The Balaban J connectivity index is 1.48. The minimum absolute atomic E-state index is 0.238. The van der Waals surface area contributed by atoms with Crippen molar-refractivity contribution >= 4 is 68.9 Å². The molecule has 0 spiro atoms. The summed E-state index contributed by atoms with van der Waals surface area (Å²) in [4.78, 5) is 11.9. The Bertz CT molecular complexity index is 1390. The number of aromatic amines is 1. The summed E-state index contributed by atoms with van der Waals surface area (Å²) < 4.78 is 4.71. The van der Waals surface area contributed by atoms with E-state index in [1.54, 1.807) is 24.4 Å². The molecule has 5 rings (SSSR count). The number of anilines is 3. The van der Waals surface area contributed by atoms with Crippen LogP contribution in [0.4, 0.5) is 17.3 Å². The van der Waals surface area contributed by atoms with Crippen LogP contribution in [-0.4, -0.2) is 31.5 Å². The third kappa shape index (κ3) is 3.51. The van der Waals surface area contributed by atoms with Crippen LogP contribution in [0.25, 0.3) is 22.2 Å². The van der Waals surface area contributed by atoms with Gasteiger partial charge in [-0.1, -0.05) is 41.4 Å². The Hall–Kier alpha value is -3.69. The number of fused-ring (bicyclic) bond motifs is 2. The number of halogens is 2. The molecule has 9 nitrogen and oxygen atoms in total. The second kappa shape index (κ2) is 7.62. The van der Waals surface area contributed by atoms with E-state index >= 15 is 0 Å². The number of nitrogens with zero attached hydrogens (tertiary/aromatic N) is 5. The van der Waals surface area contributed by atoms with E-state index in [9.17, 15) is 0 Å². The standard InChI is InChI=1S/C19H12Cl2N8O/c20-11-5-6-13(21)15(7-11)24-16-17(26-19-18(25-16)28-30-29-19)27-23-9-10-8-22-14-4-2-1-3-12(10)14/h1-9,22H,(H,24,25,28)(H,26,27,29). The Morgan fingerprint density at radius 1 is 1.00 bits per heavy atom. The molecule has 0 aliphatic carbocycles. The summed E-state index contributed by atoms with van der Waals surface area (Å²) in [6, 6.07) is 13.0. The molecule has 0 radical (unpaired) electrons. The highest BCUT2D eigenvalue weighted by Crippen LogP contribution is 2.30. The normalized spacial score (nSPS) is 11.5. The van der Waals surface area contributed by atoms with Gasteiger partial charge in [0, 0.05) is 27.7 Å². The van der Waals surface area contributed by atoms with Gasteiger partial charge in [0.05, 0.1) is 16.9 Å². The molecule has 2 aromatic carbocycles. The monoisotopic (exact) mass is 438 g/mol. The Morgan fingerprint density at radius 3 is 2.67 bits per heavy atom. The van der Waals surface area contributed by atoms with E-state index in [2.05, 4.69) is 41.1 Å². The zero-order valence-electron chi connectivity index (χ0n) is 15.1. The van der Waals surface area contributed by atoms with E-state index in [4.69, 9.17) is 27.8 Å². The molecule has 5 aromatic rings. The van der Waals surface area contributed by atoms with Crippen molar-refractivity contribution in [2.75, 3.05) is 10.7 Å². The second-order valence-corrected chi connectivity index (χ2v) is 7.08. The molecule has 3 aromatic heterocycles. The fourth-order valence-corrected chi connectivity index (χ4v) is 3.22. The fourth-order valence-electron chi connectivity index (χ4n) is 2.89. The van der Waals surface area contributed by atoms with Crippen LogP contribution in [-0.2, 0) is 0 Å². The molecule has 0 saturated heterocycles. The van der Waals surface area contributed by atoms with Crippen molar-refractivity contribution in [1.82, 2.24) is 25.3 Å². The molecule has 0 saturated carbocycles. The molecule has 3 N–H and O–H groups in total. The van der Waals surface area contributed by atoms with Crippen LogP contribution in [0.2, 0.25) is 10.0 Å².